The molecule has 2 nitrogen and oxygen atoms in total. The van der Waals surface area contributed by atoms with E-state index in [1.54, 1.807) is 0 Å². The lowest BCUT2D eigenvalue weighted by molar-refractivity contribution is 0.0850. The van der Waals surface area contributed by atoms with Crippen molar-refractivity contribution >= 4 is 13.7 Å². The lowest BCUT2D eigenvalue weighted by atomic mass is 10.2. The van der Waals surface area contributed by atoms with Crippen molar-refractivity contribution < 1.29 is 9.15 Å². The molecule has 0 saturated carbocycles. The second-order valence-electron chi connectivity index (χ2n) is 4.78. The van der Waals surface area contributed by atoms with E-state index < -0.39 is 8.56 Å². The predicted octanol–water partition coefficient (Wildman–Crippen LogP) is 3.44. The van der Waals surface area contributed by atoms with Gasteiger partial charge in [0.2, 0.25) is 0 Å². The topological polar surface area (TPSA) is 25.1 Å². The molecular weight excluding hydrogens is 228 g/mol. The van der Waals surface area contributed by atoms with Crippen LogP contribution < -0.4 is 5.19 Å². The van der Waals surface area contributed by atoms with Crippen LogP contribution in [0.4, 0.5) is 0 Å². The average Bonchev–Trinajstić information content (AvgIpc) is 3.16. The highest BCUT2D eigenvalue weighted by Gasteiger charge is 2.55. The van der Waals surface area contributed by atoms with Crippen molar-refractivity contribution in [3.05, 3.63) is 29.8 Å². The molecular formula is C14H22O2Si. The molecule has 1 saturated heterocycles. The number of rotatable bonds is 7. The molecule has 0 N–H and O–H groups in total. The van der Waals surface area contributed by atoms with Gasteiger partial charge in [0.05, 0.1) is 0 Å². The molecule has 0 bridgehead atoms. The van der Waals surface area contributed by atoms with Crippen LogP contribution in [0.15, 0.2) is 24.3 Å². The molecule has 1 aromatic rings. The van der Waals surface area contributed by atoms with Crippen LogP contribution in [0.3, 0.4) is 0 Å². The maximum atomic E-state index is 5.40. The fraction of sp³-hybridized carbons (Fsp3) is 0.571. The molecule has 2 rings (SSSR count). The predicted molar refractivity (Wildman–Crippen MR) is 72.3 cm³/mol. The van der Waals surface area contributed by atoms with Gasteiger partial charge < -0.3 is 0 Å². The lowest BCUT2D eigenvalue weighted by Gasteiger charge is -2.06. The van der Waals surface area contributed by atoms with Gasteiger partial charge >= 0.3 is 8.56 Å². The Labute approximate surface area is 105 Å². The Balaban J connectivity index is 1.95. The van der Waals surface area contributed by atoms with Gasteiger partial charge in [0.15, 0.2) is 0 Å². The van der Waals surface area contributed by atoms with Crippen molar-refractivity contribution in [2.24, 2.45) is 0 Å². The van der Waals surface area contributed by atoms with Crippen LogP contribution >= 0.6 is 0 Å². The molecule has 0 unspecified atom stereocenters. The summed E-state index contributed by atoms with van der Waals surface area (Å²) in [4.78, 5) is 0. The van der Waals surface area contributed by atoms with Gasteiger partial charge in [-0.25, -0.2) is 0 Å². The molecule has 1 aliphatic heterocycles. The second kappa shape index (κ2) is 5.80. The van der Waals surface area contributed by atoms with Crippen LogP contribution in [0.1, 0.15) is 45.1 Å². The van der Waals surface area contributed by atoms with Gasteiger partial charge in [-0.1, -0.05) is 63.8 Å². The molecule has 1 fully saturated rings. The zero-order valence-electron chi connectivity index (χ0n) is 10.9. The Bertz CT molecular complexity index is 361. The van der Waals surface area contributed by atoms with E-state index in [0.717, 1.165) is 12.5 Å². The summed E-state index contributed by atoms with van der Waals surface area (Å²) in [7, 11) is -1.93. The molecule has 94 valence electrons. The maximum Gasteiger partial charge on any atom is 0.436 e. The van der Waals surface area contributed by atoms with E-state index in [4.69, 9.17) is 9.15 Å². The molecule has 0 aromatic heterocycles. The summed E-state index contributed by atoms with van der Waals surface area (Å²) in [5.74, 6) is 0. The summed E-state index contributed by atoms with van der Waals surface area (Å²) in [6, 6.07) is 9.84. The summed E-state index contributed by atoms with van der Waals surface area (Å²) >= 11 is 0. The molecule has 17 heavy (non-hydrogen) atoms. The summed E-state index contributed by atoms with van der Waals surface area (Å²) < 4.78 is 10.8. The third-order valence-electron chi connectivity index (χ3n) is 3.42. The zero-order valence-corrected chi connectivity index (χ0v) is 11.9. The number of hydrogen-bond acceptors (Lipinski definition) is 2. The van der Waals surface area contributed by atoms with E-state index in [2.05, 4.69) is 38.1 Å². The molecule has 0 spiro atoms. The van der Waals surface area contributed by atoms with E-state index in [0.29, 0.717) is 0 Å². The van der Waals surface area contributed by atoms with Crippen LogP contribution in [0, 0.1) is 0 Å². The van der Waals surface area contributed by atoms with Crippen LogP contribution in [0.5, 0.6) is 0 Å². The van der Waals surface area contributed by atoms with Crippen LogP contribution in [-0.4, -0.2) is 8.56 Å². The first-order chi connectivity index (χ1) is 8.30. The van der Waals surface area contributed by atoms with E-state index in [9.17, 15) is 0 Å². The highest BCUT2D eigenvalue weighted by molar-refractivity contribution is 6.85. The Kier molecular flexibility index (Phi) is 4.37. The van der Waals surface area contributed by atoms with Crippen molar-refractivity contribution in [2.45, 2.75) is 52.0 Å². The molecule has 0 aliphatic carbocycles. The first-order valence-corrected chi connectivity index (χ1v) is 8.79. The highest BCUT2D eigenvalue weighted by Crippen LogP contribution is 2.30. The normalized spacial score (nSPS) is 17.1. The summed E-state index contributed by atoms with van der Waals surface area (Å²) in [5.41, 5.74) is 1.38. The Morgan fingerprint density at radius 1 is 1.06 bits per heavy atom. The van der Waals surface area contributed by atoms with Gasteiger partial charge in [0, 0.05) is 0 Å². The SMILES string of the molecule is CCCCCC[Si]1(c2cccc(CC)c2)OO1. The first-order valence-electron chi connectivity index (χ1n) is 6.77. The smallest absolute Gasteiger partial charge is 0.250 e. The quantitative estimate of drug-likeness (QED) is 0.320. The van der Waals surface area contributed by atoms with Crippen molar-refractivity contribution in [2.75, 3.05) is 0 Å². The largest absolute Gasteiger partial charge is 0.436 e. The molecule has 0 atom stereocenters. The molecule has 1 aromatic carbocycles. The standard InChI is InChI=1S/C14H22O2Si/c1-3-5-6-7-11-17(15-16-17)14-10-8-9-13(4-2)12-14/h8-10,12H,3-7,11H2,1-2H3. The third kappa shape index (κ3) is 3.18. The van der Waals surface area contributed by atoms with E-state index in [1.807, 2.05) is 0 Å². The van der Waals surface area contributed by atoms with Gasteiger partial charge in [-0.2, -0.15) is 0 Å². The van der Waals surface area contributed by atoms with Crippen LogP contribution in [0.2, 0.25) is 6.04 Å². The lowest BCUT2D eigenvalue weighted by Crippen LogP contribution is -2.34. The Hall–Kier alpha value is -0.643. The molecule has 1 heterocycles. The monoisotopic (exact) mass is 250 g/mol. The summed E-state index contributed by atoms with van der Waals surface area (Å²) in [6.07, 6.45) is 6.21. The zero-order chi connectivity index (χ0) is 12.1. The van der Waals surface area contributed by atoms with Crippen molar-refractivity contribution in [1.29, 1.82) is 0 Å². The van der Waals surface area contributed by atoms with Gasteiger partial charge in [-0.05, 0) is 23.2 Å². The number of aryl methyl sites for hydroxylation is 1. The van der Waals surface area contributed by atoms with Crippen LogP contribution in [-0.2, 0) is 15.6 Å². The van der Waals surface area contributed by atoms with Gasteiger partial charge in [-0.15, -0.1) is 0 Å². The molecule has 0 radical (unpaired) electrons. The second-order valence-corrected chi connectivity index (χ2v) is 7.70. The number of benzene rings is 1. The minimum atomic E-state index is -1.93. The fourth-order valence-electron chi connectivity index (χ4n) is 2.19. The van der Waals surface area contributed by atoms with Gasteiger partial charge in [-0.3, -0.25) is 9.15 Å². The molecule has 1 aliphatic rings. The molecule has 3 heteroatoms. The minimum absolute atomic E-state index is 1.08. The van der Waals surface area contributed by atoms with E-state index in [1.165, 1.54) is 36.4 Å². The third-order valence-corrected chi connectivity index (χ3v) is 6.19. The molecule has 0 amide bonds. The first kappa shape index (κ1) is 12.8. The maximum absolute atomic E-state index is 5.40. The van der Waals surface area contributed by atoms with Crippen molar-refractivity contribution in [3.63, 3.8) is 0 Å². The number of hydrogen-bond donors (Lipinski definition) is 0. The van der Waals surface area contributed by atoms with Crippen molar-refractivity contribution in [1.82, 2.24) is 0 Å². The number of unbranched alkanes of at least 4 members (excludes halogenated alkanes) is 3. The van der Waals surface area contributed by atoms with Gasteiger partial charge in [0.1, 0.15) is 0 Å². The highest BCUT2D eigenvalue weighted by atomic mass is 28.4. The van der Waals surface area contributed by atoms with Crippen LogP contribution in [0.25, 0.3) is 0 Å². The average molecular weight is 250 g/mol. The Morgan fingerprint density at radius 3 is 2.53 bits per heavy atom. The summed E-state index contributed by atoms with van der Waals surface area (Å²) in [6.45, 7) is 4.42. The minimum Gasteiger partial charge on any atom is -0.250 e. The fourth-order valence-corrected chi connectivity index (χ4v) is 4.71. The Morgan fingerprint density at radius 2 is 1.88 bits per heavy atom. The van der Waals surface area contributed by atoms with E-state index in [-0.39, 0.29) is 0 Å². The summed E-state index contributed by atoms with van der Waals surface area (Å²) in [5, 5.41) is 1.31. The van der Waals surface area contributed by atoms with E-state index >= 15 is 0 Å². The van der Waals surface area contributed by atoms with Crippen molar-refractivity contribution in [3.8, 4) is 0 Å². The van der Waals surface area contributed by atoms with Gasteiger partial charge in [0.25, 0.3) is 0 Å².